The molecular formula is C23H21F4N3O. The van der Waals surface area contributed by atoms with Gasteiger partial charge in [-0.25, -0.2) is 9.37 Å². The molecule has 0 radical (unpaired) electrons. The molecule has 162 valence electrons. The minimum atomic E-state index is -4.41. The van der Waals surface area contributed by atoms with Crippen molar-refractivity contribution in [1.29, 1.82) is 0 Å². The molecule has 0 unspecified atom stereocenters. The number of carbonyl (C=O) groups excluding carboxylic acids is 1. The number of hydrogen-bond acceptors (Lipinski definition) is 2. The molecule has 1 aromatic heterocycles. The summed E-state index contributed by atoms with van der Waals surface area (Å²) < 4.78 is 54.4. The van der Waals surface area contributed by atoms with Crippen molar-refractivity contribution in [2.24, 2.45) is 5.92 Å². The van der Waals surface area contributed by atoms with E-state index in [-0.39, 0.29) is 24.6 Å². The summed E-state index contributed by atoms with van der Waals surface area (Å²) in [5.74, 6) is 0.190. The third-order valence-corrected chi connectivity index (χ3v) is 5.28. The second kappa shape index (κ2) is 8.53. The summed E-state index contributed by atoms with van der Waals surface area (Å²) >= 11 is 0. The summed E-state index contributed by atoms with van der Waals surface area (Å²) in [6, 6.07) is 10.7. The zero-order valence-corrected chi connectivity index (χ0v) is 16.6. The van der Waals surface area contributed by atoms with E-state index in [4.69, 9.17) is 0 Å². The van der Waals surface area contributed by atoms with Gasteiger partial charge in [-0.3, -0.25) is 4.79 Å². The molecule has 4 rings (SSSR count). The quantitative estimate of drug-likeness (QED) is 0.486. The number of aromatic nitrogens is 2. The zero-order valence-electron chi connectivity index (χ0n) is 16.6. The number of hydrogen-bond donors (Lipinski definition) is 0. The smallest absolute Gasteiger partial charge is 0.331 e. The highest BCUT2D eigenvalue weighted by Crippen LogP contribution is 2.31. The standard InChI is InChI=1S/C23H21F4N3O/c24-20-6-2-4-18(12-20)22(31)30(13-16-7-8-16)15-21-28-9-10-29(21)14-17-3-1-5-19(11-17)23(25,26)27/h1-6,9-12,16H,7-8,13-15H2. The van der Waals surface area contributed by atoms with Crippen LogP contribution in [0.4, 0.5) is 17.6 Å². The first-order chi connectivity index (χ1) is 14.8. The highest BCUT2D eigenvalue weighted by atomic mass is 19.4. The molecule has 2 aromatic carbocycles. The van der Waals surface area contributed by atoms with E-state index in [9.17, 15) is 22.4 Å². The summed E-state index contributed by atoms with van der Waals surface area (Å²) in [4.78, 5) is 19.0. The Labute approximate surface area is 177 Å². The monoisotopic (exact) mass is 431 g/mol. The van der Waals surface area contributed by atoms with Crippen molar-refractivity contribution in [1.82, 2.24) is 14.5 Å². The number of benzene rings is 2. The van der Waals surface area contributed by atoms with E-state index >= 15 is 0 Å². The highest BCUT2D eigenvalue weighted by Gasteiger charge is 2.31. The lowest BCUT2D eigenvalue weighted by Gasteiger charge is -2.23. The summed E-state index contributed by atoms with van der Waals surface area (Å²) in [7, 11) is 0. The maximum Gasteiger partial charge on any atom is 0.416 e. The van der Waals surface area contributed by atoms with Crippen LogP contribution in [0.2, 0.25) is 0 Å². The van der Waals surface area contributed by atoms with Crippen molar-refractivity contribution in [2.45, 2.75) is 32.1 Å². The van der Waals surface area contributed by atoms with Crippen molar-refractivity contribution in [3.05, 3.63) is 89.3 Å². The Hall–Kier alpha value is -3.16. The second-order valence-corrected chi connectivity index (χ2v) is 7.81. The van der Waals surface area contributed by atoms with Crippen LogP contribution < -0.4 is 0 Å². The van der Waals surface area contributed by atoms with E-state index in [1.54, 1.807) is 34.0 Å². The Bertz CT molecular complexity index is 1070. The minimum absolute atomic E-state index is 0.192. The van der Waals surface area contributed by atoms with E-state index in [0.717, 1.165) is 25.0 Å². The molecule has 0 atom stereocenters. The Balaban J connectivity index is 1.54. The summed E-state index contributed by atoms with van der Waals surface area (Å²) in [5.41, 5.74) is 0.0409. The van der Waals surface area contributed by atoms with Gasteiger partial charge in [0.1, 0.15) is 11.6 Å². The molecule has 31 heavy (non-hydrogen) atoms. The molecule has 0 bridgehead atoms. The average Bonchev–Trinajstić information content (AvgIpc) is 3.45. The van der Waals surface area contributed by atoms with E-state index in [1.807, 2.05) is 0 Å². The second-order valence-electron chi connectivity index (χ2n) is 7.81. The van der Waals surface area contributed by atoms with E-state index < -0.39 is 17.6 Å². The van der Waals surface area contributed by atoms with Crippen molar-refractivity contribution in [2.75, 3.05) is 6.54 Å². The first kappa shape index (κ1) is 21.1. The van der Waals surface area contributed by atoms with Crippen molar-refractivity contribution >= 4 is 5.91 Å². The maximum atomic E-state index is 13.6. The van der Waals surface area contributed by atoms with Gasteiger partial charge < -0.3 is 9.47 Å². The first-order valence-corrected chi connectivity index (χ1v) is 10.0. The minimum Gasteiger partial charge on any atom is -0.331 e. The van der Waals surface area contributed by atoms with Crippen molar-refractivity contribution in [3.8, 4) is 0 Å². The van der Waals surface area contributed by atoms with Gasteiger partial charge in [0.05, 0.1) is 12.1 Å². The molecule has 0 saturated heterocycles. The Morgan fingerprint density at radius 3 is 2.61 bits per heavy atom. The maximum absolute atomic E-state index is 13.6. The van der Waals surface area contributed by atoms with Gasteiger partial charge in [0, 0.05) is 31.0 Å². The van der Waals surface area contributed by atoms with Gasteiger partial charge >= 0.3 is 6.18 Å². The van der Waals surface area contributed by atoms with Gasteiger partial charge in [-0.15, -0.1) is 0 Å². The number of alkyl halides is 3. The van der Waals surface area contributed by atoms with Crippen LogP contribution in [0.5, 0.6) is 0 Å². The normalized spacial score (nSPS) is 13.9. The van der Waals surface area contributed by atoms with E-state index in [2.05, 4.69) is 4.98 Å². The molecule has 0 spiro atoms. The highest BCUT2D eigenvalue weighted by molar-refractivity contribution is 5.94. The molecule has 1 aliphatic rings. The molecule has 1 saturated carbocycles. The van der Waals surface area contributed by atoms with Gasteiger partial charge in [-0.1, -0.05) is 18.2 Å². The van der Waals surface area contributed by atoms with Crippen molar-refractivity contribution < 1.29 is 22.4 Å². The molecule has 4 nitrogen and oxygen atoms in total. The third-order valence-electron chi connectivity index (χ3n) is 5.28. The largest absolute Gasteiger partial charge is 0.416 e. The fraction of sp³-hybridized carbons (Fsp3) is 0.304. The average molecular weight is 431 g/mol. The van der Waals surface area contributed by atoms with Gasteiger partial charge in [0.25, 0.3) is 5.91 Å². The fourth-order valence-electron chi connectivity index (χ4n) is 3.48. The lowest BCUT2D eigenvalue weighted by molar-refractivity contribution is -0.137. The van der Waals surface area contributed by atoms with Crippen LogP contribution in [0, 0.1) is 11.7 Å². The van der Waals surface area contributed by atoms with Gasteiger partial charge in [0.15, 0.2) is 0 Å². The van der Waals surface area contributed by atoms with Crippen LogP contribution in [-0.4, -0.2) is 26.9 Å². The molecule has 1 aliphatic carbocycles. The van der Waals surface area contributed by atoms with E-state index in [0.29, 0.717) is 23.9 Å². The van der Waals surface area contributed by atoms with Crippen LogP contribution in [0.3, 0.4) is 0 Å². The summed E-state index contributed by atoms with van der Waals surface area (Å²) in [6.07, 6.45) is 0.895. The van der Waals surface area contributed by atoms with Crippen LogP contribution in [-0.2, 0) is 19.3 Å². The summed E-state index contributed by atoms with van der Waals surface area (Å²) in [6.45, 7) is 0.925. The number of imidazole rings is 1. The van der Waals surface area contributed by atoms with Crippen LogP contribution >= 0.6 is 0 Å². The number of rotatable bonds is 7. The molecule has 8 heteroatoms. The number of carbonyl (C=O) groups is 1. The molecule has 1 fully saturated rings. The molecule has 1 heterocycles. The van der Waals surface area contributed by atoms with Crippen LogP contribution in [0.25, 0.3) is 0 Å². The fourth-order valence-corrected chi connectivity index (χ4v) is 3.48. The number of amides is 1. The lowest BCUT2D eigenvalue weighted by Crippen LogP contribution is -2.33. The van der Waals surface area contributed by atoms with Gasteiger partial charge in [-0.05, 0) is 54.7 Å². The Morgan fingerprint density at radius 2 is 1.90 bits per heavy atom. The topological polar surface area (TPSA) is 38.1 Å². The summed E-state index contributed by atoms with van der Waals surface area (Å²) in [5, 5.41) is 0. The molecule has 3 aromatic rings. The Kier molecular flexibility index (Phi) is 5.80. The van der Waals surface area contributed by atoms with Crippen LogP contribution in [0.1, 0.15) is 40.2 Å². The molecular weight excluding hydrogens is 410 g/mol. The molecule has 1 amide bonds. The predicted molar refractivity (Wildman–Crippen MR) is 107 cm³/mol. The Morgan fingerprint density at radius 1 is 1.13 bits per heavy atom. The number of halogens is 4. The molecule has 0 N–H and O–H groups in total. The first-order valence-electron chi connectivity index (χ1n) is 10.0. The lowest BCUT2D eigenvalue weighted by atomic mass is 10.1. The predicted octanol–water partition coefficient (Wildman–Crippen LogP) is 5.14. The number of nitrogens with zero attached hydrogens (tertiary/aromatic N) is 3. The van der Waals surface area contributed by atoms with Crippen molar-refractivity contribution in [3.63, 3.8) is 0 Å². The zero-order chi connectivity index (χ0) is 22.0. The van der Waals surface area contributed by atoms with Crippen LogP contribution in [0.15, 0.2) is 60.9 Å². The van der Waals surface area contributed by atoms with Gasteiger partial charge in [0.2, 0.25) is 0 Å². The van der Waals surface area contributed by atoms with Gasteiger partial charge in [-0.2, -0.15) is 13.2 Å². The SMILES string of the molecule is O=C(c1cccc(F)c1)N(Cc1nccn1Cc1cccc(C(F)(F)F)c1)CC1CC1. The third kappa shape index (κ3) is 5.31. The molecule has 0 aliphatic heterocycles. The van der Waals surface area contributed by atoms with E-state index in [1.165, 1.54) is 24.3 Å².